The number of fused-ring (bicyclic) bond motifs is 1. The van der Waals surface area contributed by atoms with Gasteiger partial charge in [-0.25, -0.2) is 0 Å². The Morgan fingerprint density at radius 3 is 2.50 bits per heavy atom. The quantitative estimate of drug-likeness (QED) is 0.645. The highest BCUT2D eigenvalue weighted by atomic mass is 32.2. The van der Waals surface area contributed by atoms with Gasteiger partial charge >= 0.3 is 0 Å². The molecule has 1 aliphatic rings. The molecule has 1 N–H and O–H groups in total. The van der Waals surface area contributed by atoms with Crippen molar-refractivity contribution in [3.05, 3.63) is 83.9 Å². The molecule has 4 heteroatoms. The molecule has 0 saturated heterocycles. The Bertz CT molecular complexity index is 950. The Labute approximate surface area is 157 Å². The molecule has 0 fully saturated rings. The summed E-state index contributed by atoms with van der Waals surface area (Å²) in [4.78, 5) is 6.11. The van der Waals surface area contributed by atoms with Gasteiger partial charge in [0.05, 0.1) is 12.8 Å². The van der Waals surface area contributed by atoms with E-state index in [4.69, 9.17) is 9.73 Å². The monoisotopic (exact) mass is 361 g/mol. The first-order valence-corrected chi connectivity index (χ1v) is 9.38. The van der Waals surface area contributed by atoms with Gasteiger partial charge in [0, 0.05) is 27.8 Å². The molecule has 26 heavy (non-hydrogen) atoms. The molecular weight excluding hydrogens is 342 g/mol. The Morgan fingerprint density at radius 1 is 0.962 bits per heavy atom. The van der Waals surface area contributed by atoms with Gasteiger partial charge in [-0.05, 0) is 48.0 Å². The largest absolute Gasteiger partial charge is 0.508 e. The molecule has 0 saturated carbocycles. The maximum atomic E-state index is 9.61. The Hall–Kier alpha value is -2.72. The lowest BCUT2D eigenvalue weighted by molar-refractivity contribution is 0.409. The van der Waals surface area contributed by atoms with Crippen molar-refractivity contribution in [2.45, 2.75) is 16.6 Å². The molecule has 3 aromatic rings. The molecule has 1 unspecified atom stereocenters. The predicted octanol–water partition coefficient (Wildman–Crippen LogP) is 5.76. The highest BCUT2D eigenvalue weighted by Gasteiger charge is 2.24. The molecule has 0 aliphatic carbocycles. The molecule has 4 rings (SSSR count). The third-order valence-electron chi connectivity index (χ3n) is 4.45. The van der Waals surface area contributed by atoms with Gasteiger partial charge in [0.2, 0.25) is 0 Å². The lowest BCUT2D eigenvalue weighted by atomic mass is 10.0. The molecule has 0 spiro atoms. The summed E-state index contributed by atoms with van der Waals surface area (Å²) in [5, 5.41) is 9.80. The molecular formula is C22H19NO2S. The lowest BCUT2D eigenvalue weighted by Gasteiger charge is -2.18. The van der Waals surface area contributed by atoms with E-state index in [0.29, 0.717) is 0 Å². The highest BCUT2D eigenvalue weighted by molar-refractivity contribution is 7.99. The first kappa shape index (κ1) is 16.7. The van der Waals surface area contributed by atoms with E-state index < -0.39 is 0 Å². The summed E-state index contributed by atoms with van der Waals surface area (Å²) < 4.78 is 5.60. The van der Waals surface area contributed by atoms with Crippen LogP contribution in [0.3, 0.4) is 0 Å². The van der Waals surface area contributed by atoms with Crippen LogP contribution in [0.15, 0.2) is 82.7 Å². The van der Waals surface area contributed by atoms with E-state index in [1.807, 2.05) is 60.3 Å². The van der Waals surface area contributed by atoms with Crippen LogP contribution in [0.5, 0.6) is 11.5 Å². The number of benzene rings is 3. The van der Waals surface area contributed by atoms with Gasteiger partial charge in [0.1, 0.15) is 11.5 Å². The smallest absolute Gasteiger partial charge is 0.123 e. The van der Waals surface area contributed by atoms with E-state index in [-0.39, 0.29) is 11.0 Å². The number of methoxy groups -OCH3 is 1. The minimum atomic E-state index is 0.197. The van der Waals surface area contributed by atoms with Crippen LogP contribution in [-0.4, -0.2) is 17.9 Å². The zero-order valence-electron chi connectivity index (χ0n) is 14.4. The maximum absolute atomic E-state index is 9.61. The zero-order chi connectivity index (χ0) is 17.9. The third-order valence-corrected chi connectivity index (χ3v) is 5.76. The van der Waals surface area contributed by atoms with Crippen molar-refractivity contribution in [2.75, 3.05) is 7.11 Å². The summed E-state index contributed by atoms with van der Waals surface area (Å²) in [7, 11) is 1.71. The van der Waals surface area contributed by atoms with Crippen LogP contribution >= 0.6 is 11.8 Å². The second-order valence-electron chi connectivity index (χ2n) is 6.13. The van der Waals surface area contributed by atoms with E-state index in [0.717, 1.165) is 34.0 Å². The number of phenolic OH excluding ortho intramolecular Hbond substituents is 1. The van der Waals surface area contributed by atoms with Crippen LogP contribution in [0.1, 0.15) is 22.8 Å². The maximum Gasteiger partial charge on any atom is 0.123 e. The van der Waals surface area contributed by atoms with Gasteiger partial charge in [-0.1, -0.05) is 30.3 Å². The van der Waals surface area contributed by atoms with Crippen LogP contribution in [0, 0.1) is 0 Å². The molecule has 0 aromatic heterocycles. The number of para-hydroxylation sites is 2. The molecule has 1 aliphatic heterocycles. The number of ether oxygens (including phenoxy) is 1. The van der Waals surface area contributed by atoms with Gasteiger partial charge < -0.3 is 9.84 Å². The van der Waals surface area contributed by atoms with Gasteiger partial charge in [-0.3, -0.25) is 4.99 Å². The van der Waals surface area contributed by atoms with Crippen molar-refractivity contribution < 1.29 is 9.84 Å². The summed E-state index contributed by atoms with van der Waals surface area (Å²) in [5.41, 5.74) is 4.19. The minimum absolute atomic E-state index is 0.197. The fourth-order valence-corrected chi connectivity index (χ4v) is 4.41. The lowest BCUT2D eigenvalue weighted by Crippen LogP contribution is -2.06. The highest BCUT2D eigenvalue weighted by Crippen LogP contribution is 2.47. The first-order chi connectivity index (χ1) is 12.7. The van der Waals surface area contributed by atoms with Crippen molar-refractivity contribution in [1.29, 1.82) is 0 Å². The van der Waals surface area contributed by atoms with Crippen LogP contribution in [0.2, 0.25) is 0 Å². The number of aromatic hydroxyl groups is 1. The van der Waals surface area contributed by atoms with Crippen molar-refractivity contribution in [3.8, 4) is 11.5 Å². The summed E-state index contributed by atoms with van der Waals surface area (Å²) >= 11 is 1.82. The topological polar surface area (TPSA) is 41.8 Å². The second kappa shape index (κ2) is 7.26. The minimum Gasteiger partial charge on any atom is -0.508 e. The molecule has 3 nitrogen and oxygen atoms in total. The van der Waals surface area contributed by atoms with Crippen LogP contribution in [-0.2, 0) is 0 Å². The molecule has 130 valence electrons. The van der Waals surface area contributed by atoms with E-state index >= 15 is 0 Å². The SMILES string of the molecule is COc1ccccc1C1CC(c2ccc(O)cc2)=Nc2ccccc2S1. The molecule has 1 heterocycles. The fourth-order valence-electron chi connectivity index (χ4n) is 3.15. The fraction of sp³-hybridized carbons (Fsp3) is 0.136. The van der Waals surface area contributed by atoms with E-state index in [1.165, 1.54) is 5.56 Å². The van der Waals surface area contributed by atoms with Crippen molar-refractivity contribution >= 4 is 23.2 Å². The van der Waals surface area contributed by atoms with Crippen LogP contribution < -0.4 is 4.74 Å². The number of thioether (sulfide) groups is 1. The summed E-state index contributed by atoms with van der Waals surface area (Å²) in [6.07, 6.45) is 0.782. The molecule has 1 atom stereocenters. The van der Waals surface area contributed by atoms with Gasteiger partial charge in [0.25, 0.3) is 0 Å². The number of hydrogen-bond acceptors (Lipinski definition) is 4. The zero-order valence-corrected chi connectivity index (χ0v) is 15.2. The summed E-state index contributed by atoms with van der Waals surface area (Å²) in [5.74, 6) is 1.16. The van der Waals surface area contributed by atoms with Crippen molar-refractivity contribution in [1.82, 2.24) is 0 Å². The normalized spacial score (nSPS) is 16.3. The van der Waals surface area contributed by atoms with Gasteiger partial charge in [-0.2, -0.15) is 0 Å². The number of nitrogens with zero attached hydrogens (tertiary/aromatic N) is 1. The van der Waals surface area contributed by atoms with Crippen LogP contribution in [0.4, 0.5) is 5.69 Å². The Kier molecular flexibility index (Phi) is 4.67. The van der Waals surface area contributed by atoms with Gasteiger partial charge in [-0.15, -0.1) is 11.8 Å². The average Bonchev–Trinajstić information content (AvgIpc) is 2.88. The molecule has 0 radical (unpaired) electrons. The second-order valence-corrected chi connectivity index (χ2v) is 7.37. The number of hydrogen-bond donors (Lipinski definition) is 1. The third kappa shape index (κ3) is 3.33. The summed E-state index contributed by atoms with van der Waals surface area (Å²) in [6.45, 7) is 0. The Morgan fingerprint density at radius 2 is 1.69 bits per heavy atom. The van der Waals surface area contributed by atoms with Crippen LogP contribution in [0.25, 0.3) is 0 Å². The summed E-state index contributed by atoms with van der Waals surface area (Å²) in [6, 6.07) is 23.7. The number of rotatable bonds is 3. The Balaban J connectivity index is 1.81. The standard InChI is InChI=1S/C22H19NO2S/c1-25-20-8-4-2-6-17(20)22-14-19(15-10-12-16(24)13-11-15)23-18-7-3-5-9-21(18)26-22/h2-13,22,24H,14H2,1H3. The average molecular weight is 361 g/mol. The first-order valence-electron chi connectivity index (χ1n) is 8.50. The number of aliphatic imine (C=N–C) groups is 1. The molecule has 0 bridgehead atoms. The molecule has 0 amide bonds. The number of phenols is 1. The molecule has 3 aromatic carbocycles. The van der Waals surface area contributed by atoms with E-state index in [2.05, 4.69) is 12.1 Å². The van der Waals surface area contributed by atoms with Crippen molar-refractivity contribution in [3.63, 3.8) is 0 Å². The van der Waals surface area contributed by atoms with Crippen molar-refractivity contribution in [2.24, 2.45) is 4.99 Å². The van der Waals surface area contributed by atoms with E-state index in [1.54, 1.807) is 19.2 Å². The van der Waals surface area contributed by atoms with E-state index in [9.17, 15) is 5.11 Å². The predicted molar refractivity (Wildman–Crippen MR) is 107 cm³/mol. The van der Waals surface area contributed by atoms with Gasteiger partial charge in [0.15, 0.2) is 0 Å².